The van der Waals surface area contributed by atoms with Gasteiger partial charge in [-0.2, -0.15) is 0 Å². The standard InChI is InChI=1S/C15H28N6O3.ClH/c16-6-2-1-3-12(15-21-20-14(24-15)11(17)9-22)19-13(23)10-4-7-18-8-5-10;/h10-12,18,22H,1-9,16-17H2,(H,19,23);1H/t11-,12-;/m0./s1. The third-order valence-electron chi connectivity index (χ3n) is 4.24. The zero-order chi connectivity index (χ0) is 17.4. The Labute approximate surface area is 153 Å². The van der Waals surface area contributed by atoms with Gasteiger partial charge in [-0.05, 0) is 51.7 Å². The van der Waals surface area contributed by atoms with Gasteiger partial charge in [-0.3, -0.25) is 4.79 Å². The fraction of sp³-hybridized carbons (Fsp3) is 0.800. The molecule has 2 rings (SSSR count). The van der Waals surface area contributed by atoms with Crippen LogP contribution in [0.4, 0.5) is 0 Å². The average molecular weight is 377 g/mol. The fourth-order valence-electron chi connectivity index (χ4n) is 2.74. The lowest BCUT2D eigenvalue weighted by molar-refractivity contribution is -0.126. The molecule has 0 aromatic carbocycles. The molecule has 0 radical (unpaired) electrons. The van der Waals surface area contributed by atoms with Crippen LogP contribution in [0.25, 0.3) is 0 Å². The van der Waals surface area contributed by atoms with Crippen molar-refractivity contribution < 1.29 is 14.3 Å². The van der Waals surface area contributed by atoms with Gasteiger partial charge in [-0.1, -0.05) is 0 Å². The highest BCUT2D eigenvalue weighted by Gasteiger charge is 2.27. The Hall–Kier alpha value is -1.26. The molecule has 0 saturated carbocycles. The van der Waals surface area contributed by atoms with E-state index in [0.717, 1.165) is 38.8 Å². The van der Waals surface area contributed by atoms with Crippen LogP contribution in [0, 0.1) is 5.92 Å². The van der Waals surface area contributed by atoms with Crippen molar-refractivity contribution in [3.63, 3.8) is 0 Å². The summed E-state index contributed by atoms with van der Waals surface area (Å²) in [5, 5.41) is 23.2. The third kappa shape index (κ3) is 6.52. The van der Waals surface area contributed by atoms with E-state index in [-0.39, 0.29) is 42.8 Å². The number of rotatable bonds is 9. The molecule has 0 aliphatic carbocycles. The van der Waals surface area contributed by atoms with Crippen molar-refractivity contribution in [1.82, 2.24) is 20.8 Å². The smallest absolute Gasteiger partial charge is 0.238 e. The van der Waals surface area contributed by atoms with Crippen LogP contribution in [-0.4, -0.2) is 47.5 Å². The van der Waals surface area contributed by atoms with Crippen LogP contribution in [0.1, 0.15) is 56.0 Å². The number of piperidine rings is 1. The van der Waals surface area contributed by atoms with E-state index in [9.17, 15) is 4.79 Å². The predicted molar refractivity (Wildman–Crippen MR) is 94.9 cm³/mol. The van der Waals surface area contributed by atoms with Gasteiger partial charge >= 0.3 is 0 Å². The Balaban J connectivity index is 0.00000312. The number of carbonyl (C=O) groups excluding carboxylic acids is 1. The highest BCUT2D eigenvalue weighted by Crippen LogP contribution is 2.22. The molecule has 2 heterocycles. The van der Waals surface area contributed by atoms with Gasteiger partial charge in [0.1, 0.15) is 12.1 Å². The van der Waals surface area contributed by atoms with E-state index < -0.39 is 6.04 Å². The Morgan fingerprint density at radius 2 is 2.00 bits per heavy atom. The first-order chi connectivity index (χ1) is 11.7. The quantitative estimate of drug-likeness (QED) is 0.370. The molecule has 144 valence electrons. The molecular formula is C15H29ClN6O3. The van der Waals surface area contributed by atoms with Crippen LogP contribution < -0.4 is 22.1 Å². The third-order valence-corrected chi connectivity index (χ3v) is 4.24. The van der Waals surface area contributed by atoms with Gasteiger partial charge in [0.25, 0.3) is 0 Å². The number of unbranched alkanes of at least 4 members (excludes halogenated alkanes) is 1. The van der Waals surface area contributed by atoms with Crippen LogP contribution in [0.5, 0.6) is 0 Å². The van der Waals surface area contributed by atoms with Gasteiger partial charge in [0.05, 0.1) is 6.61 Å². The fourth-order valence-corrected chi connectivity index (χ4v) is 2.74. The van der Waals surface area contributed by atoms with Gasteiger partial charge in [0.15, 0.2) is 0 Å². The molecule has 0 bridgehead atoms. The van der Waals surface area contributed by atoms with Crippen molar-refractivity contribution in [1.29, 1.82) is 0 Å². The number of nitrogens with two attached hydrogens (primary N) is 2. The Morgan fingerprint density at radius 3 is 2.64 bits per heavy atom. The zero-order valence-electron chi connectivity index (χ0n) is 14.3. The molecule has 9 nitrogen and oxygen atoms in total. The predicted octanol–water partition coefficient (Wildman–Crippen LogP) is -0.231. The van der Waals surface area contributed by atoms with E-state index in [1.807, 2.05) is 0 Å². The Bertz CT molecular complexity index is 509. The molecule has 1 aliphatic rings. The molecule has 1 aromatic heterocycles. The van der Waals surface area contributed by atoms with Crippen LogP contribution in [0.3, 0.4) is 0 Å². The highest BCUT2D eigenvalue weighted by molar-refractivity contribution is 5.85. The van der Waals surface area contributed by atoms with Crippen molar-refractivity contribution in [2.75, 3.05) is 26.2 Å². The molecule has 10 heteroatoms. The number of aliphatic hydroxyl groups is 1. The van der Waals surface area contributed by atoms with E-state index in [0.29, 0.717) is 18.9 Å². The van der Waals surface area contributed by atoms with Crippen molar-refractivity contribution in [3.05, 3.63) is 11.8 Å². The summed E-state index contributed by atoms with van der Waals surface area (Å²) < 4.78 is 5.55. The van der Waals surface area contributed by atoms with Crippen LogP contribution >= 0.6 is 12.4 Å². The number of nitrogens with zero attached hydrogens (tertiary/aromatic N) is 2. The van der Waals surface area contributed by atoms with Gasteiger partial charge < -0.3 is 31.6 Å². The summed E-state index contributed by atoms with van der Waals surface area (Å²) >= 11 is 0. The number of aliphatic hydroxyl groups excluding tert-OH is 1. The maximum Gasteiger partial charge on any atom is 0.238 e. The first-order valence-electron chi connectivity index (χ1n) is 8.56. The summed E-state index contributed by atoms with van der Waals surface area (Å²) in [7, 11) is 0. The number of amides is 1. The van der Waals surface area contributed by atoms with E-state index in [2.05, 4.69) is 20.8 Å². The van der Waals surface area contributed by atoms with E-state index >= 15 is 0 Å². The van der Waals surface area contributed by atoms with Crippen molar-refractivity contribution >= 4 is 18.3 Å². The zero-order valence-corrected chi connectivity index (χ0v) is 15.1. The van der Waals surface area contributed by atoms with Crippen LogP contribution in [-0.2, 0) is 4.79 Å². The normalized spacial score (nSPS) is 17.6. The second kappa shape index (κ2) is 11.4. The van der Waals surface area contributed by atoms with Gasteiger partial charge in [0.2, 0.25) is 17.7 Å². The molecule has 25 heavy (non-hydrogen) atoms. The summed E-state index contributed by atoms with van der Waals surface area (Å²) in [4.78, 5) is 12.5. The lowest BCUT2D eigenvalue weighted by atomic mass is 9.96. The minimum Gasteiger partial charge on any atom is -0.421 e. The highest BCUT2D eigenvalue weighted by atomic mass is 35.5. The first-order valence-corrected chi connectivity index (χ1v) is 8.56. The van der Waals surface area contributed by atoms with Gasteiger partial charge in [0, 0.05) is 5.92 Å². The second-order valence-corrected chi connectivity index (χ2v) is 6.14. The van der Waals surface area contributed by atoms with Crippen molar-refractivity contribution in [2.45, 2.75) is 44.2 Å². The number of carbonyl (C=O) groups is 1. The SMILES string of the molecule is Cl.NCCCC[C@H](NC(=O)C1CCNCC1)c1nnc([C@@H](N)CO)o1. The number of aromatic nitrogens is 2. The van der Waals surface area contributed by atoms with Crippen molar-refractivity contribution in [3.8, 4) is 0 Å². The summed E-state index contributed by atoms with van der Waals surface area (Å²) in [6.45, 7) is 2.03. The molecule has 1 saturated heterocycles. The number of hydrogen-bond donors (Lipinski definition) is 5. The molecule has 1 aliphatic heterocycles. The molecule has 1 aromatic rings. The maximum atomic E-state index is 12.5. The Morgan fingerprint density at radius 1 is 1.32 bits per heavy atom. The first kappa shape index (κ1) is 21.8. The van der Waals surface area contributed by atoms with Gasteiger partial charge in [-0.15, -0.1) is 22.6 Å². The summed E-state index contributed by atoms with van der Waals surface area (Å²) in [5.41, 5.74) is 11.2. The molecule has 7 N–H and O–H groups in total. The van der Waals surface area contributed by atoms with Crippen LogP contribution in [0.2, 0.25) is 0 Å². The monoisotopic (exact) mass is 376 g/mol. The van der Waals surface area contributed by atoms with Crippen LogP contribution in [0.15, 0.2) is 4.42 Å². The number of halogens is 1. The second-order valence-electron chi connectivity index (χ2n) is 6.14. The molecule has 0 unspecified atom stereocenters. The van der Waals surface area contributed by atoms with Gasteiger partial charge in [-0.25, -0.2) is 0 Å². The van der Waals surface area contributed by atoms with E-state index in [1.54, 1.807) is 0 Å². The summed E-state index contributed by atoms with van der Waals surface area (Å²) in [6, 6.07) is -1.07. The van der Waals surface area contributed by atoms with E-state index in [4.69, 9.17) is 21.0 Å². The average Bonchev–Trinajstić information content (AvgIpc) is 3.11. The molecule has 0 spiro atoms. The van der Waals surface area contributed by atoms with Crippen molar-refractivity contribution in [2.24, 2.45) is 17.4 Å². The molecule has 1 fully saturated rings. The lowest BCUT2D eigenvalue weighted by Gasteiger charge is -2.24. The molecular weight excluding hydrogens is 348 g/mol. The lowest BCUT2D eigenvalue weighted by Crippen LogP contribution is -2.39. The molecule has 1 amide bonds. The summed E-state index contributed by atoms with van der Waals surface area (Å²) in [5.74, 6) is 0.520. The summed E-state index contributed by atoms with van der Waals surface area (Å²) in [6.07, 6.45) is 4.02. The number of nitrogens with one attached hydrogen (secondary N) is 2. The number of hydrogen-bond acceptors (Lipinski definition) is 8. The maximum absolute atomic E-state index is 12.5. The minimum atomic E-state index is -0.712. The minimum absolute atomic E-state index is 0. The largest absolute Gasteiger partial charge is 0.421 e. The topological polar surface area (TPSA) is 152 Å². The Kier molecular flexibility index (Phi) is 9.91. The molecule has 2 atom stereocenters. The van der Waals surface area contributed by atoms with E-state index in [1.165, 1.54) is 0 Å².